The molecule has 0 aromatic heterocycles. The highest BCUT2D eigenvalue weighted by atomic mass is 16.2. The molecule has 1 rings (SSSR count). The molecule has 4 amide bonds. The van der Waals surface area contributed by atoms with E-state index in [1.807, 2.05) is 38.1 Å². The average Bonchev–Trinajstić information content (AvgIpc) is 2.52. The van der Waals surface area contributed by atoms with E-state index >= 15 is 0 Å². The van der Waals surface area contributed by atoms with Crippen molar-refractivity contribution in [1.82, 2.24) is 15.5 Å². The maximum atomic E-state index is 12.1. The van der Waals surface area contributed by atoms with E-state index in [-0.39, 0.29) is 19.0 Å². The molecule has 0 atom stereocenters. The Kier molecular flexibility index (Phi) is 8.49. The molecule has 24 heavy (non-hydrogen) atoms. The van der Waals surface area contributed by atoms with Gasteiger partial charge in [0, 0.05) is 12.2 Å². The molecule has 0 saturated heterocycles. The van der Waals surface area contributed by atoms with Crippen molar-refractivity contribution in [3.63, 3.8) is 0 Å². The maximum Gasteiger partial charge on any atom is 0.321 e. The number of hydrogen-bond donors (Lipinski definition) is 3. The Morgan fingerprint density at radius 2 is 1.71 bits per heavy atom. The van der Waals surface area contributed by atoms with Crippen LogP contribution in [-0.4, -0.2) is 49.4 Å². The smallest absolute Gasteiger partial charge is 0.321 e. The highest BCUT2D eigenvalue weighted by molar-refractivity contribution is 5.96. The van der Waals surface area contributed by atoms with Crippen molar-refractivity contribution >= 4 is 23.5 Å². The number of para-hydroxylation sites is 1. The van der Waals surface area contributed by atoms with E-state index in [0.717, 1.165) is 24.1 Å². The fraction of sp³-hybridized carbons (Fsp3) is 0.471. The van der Waals surface area contributed by atoms with Crippen LogP contribution in [0.25, 0.3) is 0 Å². The number of nitrogens with zero attached hydrogens (tertiary/aromatic N) is 1. The predicted molar refractivity (Wildman–Crippen MR) is 93.8 cm³/mol. The molecule has 0 radical (unpaired) electrons. The number of amides is 4. The summed E-state index contributed by atoms with van der Waals surface area (Å²) in [5.41, 5.74) is 1.83. The first-order valence-corrected chi connectivity index (χ1v) is 8.10. The first-order valence-electron chi connectivity index (χ1n) is 8.10. The average molecular weight is 334 g/mol. The molecule has 7 heteroatoms. The summed E-state index contributed by atoms with van der Waals surface area (Å²) < 4.78 is 0. The number of imide groups is 1. The number of nitrogens with one attached hydrogen (secondary N) is 3. The van der Waals surface area contributed by atoms with Crippen molar-refractivity contribution in [3.8, 4) is 0 Å². The molecule has 1 aromatic carbocycles. The van der Waals surface area contributed by atoms with E-state index in [0.29, 0.717) is 6.54 Å². The molecule has 0 aliphatic rings. The molecular formula is C17H26N4O3. The highest BCUT2D eigenvalue weighted by Crippen LogP contribution is 2.15. The minimum Gasteiger partial charge on any atom is -0.338 e. The molecule has 0 unspecified atom stereocenters. The van der Waals surface area contributed by atoms with E-state index in [4.69, 9.17) is 0 Å². The van der Waals surface area contributed by atoms with Crippen LogP contribution in [0.15, 0.2) is 24.3 Å². The van der Waals surface area contributed by atoms with Crippen molar-refractivity contribution in [2.45, 2.75) is 26.7 Å². The van der Waals surface area contributed by atoms with Gasteiger partial charge in [-0.05, 0) is 31.5 Å². The van der Waals surface area contributed by atoms with Gasteiger partial charge in [-0.1, -0.05) is 32.0 Å². The number of aryl methyl sites for hydroxylation is 1. The van der Waals surface area contributed by atoms with E-state index in [2.05, 4.69) is 16.0 Å². The lowest BCUT2D eigenvalue weighted by Gasteiger charge is -2.16. The van der Waals surface area contributed by atoms with Crippen LogP contribution in [0.1, 0.15) is 25.8 Å². The van der Waals surface area contributed by atoms with Crippen LogP contribution in [0.4, 0.5) is 10.5 Å². The molecule has 0 saturated carbocycles. The zero-order chi connectivity index (χ0) is 17.9. The second kappa shape index (κ2) is 10.4. The Morgan fingerprint density at radius 3 is 2.38 bits per heavy atom. The van der Waals surface area contributed by atoms with Crippen LogP contribution in [0.5, 0.6) is 0 Å². The number of hydrogen-bond acceptors (Lipinski definition) is 4. The van der Waals surface area contributed by atoms with E-state index in [1.165, 1.54) is 0 Å². The number of carbonyl (C=O) groups excluding carboxylic acids is 3. The Balaban J connectivity index is 2.41. The summed E-state index contributed by atoms with van der Waals surface area (Å²) in [6.45, 7) is 4.47. The Morgan fingerprint density at radius 1 is 1.04 bits per heavy atom. The van der Waals surface area contributed by atoms with Gasteiger partial charge in [-0.2, -0.15) is 0 Å². The van der Waals surface area contributed by atoms with Gasteiger partial charge in [0.2, 0.25) is 11.8 Å². The molecule has 132 valence electrons. The summed E-state index contributed by atoms with van der Waals surface area (Å²) in [4.78, 5) is 36.7. The molecular weight excluding hydrogens is 308 g/mol. The van der Waals surface area contributed by atoms with Gasteiger partial charge in [-0.15, -0.1) is 0 Å². The van der Waals surface area contributed by atoms with Crippen LogP contribution in [0.3, 0.4) is 0 Å². The number of carbonyl (C=O) groups is 3. The number of rotatable bonds is 8. The molecule has 3 N–H and O–H groups in total. The Hall–Kier alpha value is -2.41. The topological polar surface area (TPSA) is 90.5 Å². The molecule has 0 aliphatic heterocycles. The van der Waals surface area contributed by atoms with Crippen LogP contribution < -0.4 is 16.0 Å². The molecule has 0 spiro atoms. The standard InChI is InChI=1S/C17H26N4O3/c1-4-10-18-17(24)20-16(23)12-21(3)11-15(22)19-14-9-7-6-8-13(14)5-2/h6-9H,4-5,10-12H2,1-3H3,(H,19,22)(H2,18,20,23,24). The van der Waals surface area contributed by atoms with Gasteiger partial charge in [0.25, 0.3) is 0 Å². The first-order chi connectivity index (χ1) is 11.5. The third-order valence-electron chi connectivity index (χ3n) is 3.29. The van der Waals surface area contributed by atoms with Crippen molar-refractivity contribution in [2.24, 2.45) is 0 Å². The van der Waals surface area contributed by atoms with Gasteiger partial charge < -0.3 is 10.6 Å². The lowest BCUT2D eigenvalue weighted by atomic mass is 10.1. The predicted octanol–water partition coefficient (Wildman–Crippen LogP) is 1.36. The summed E-state index contributed by atoms with van der Waals surface area (Å²) in [5, 5.41) is 7.62. The van der Waals surface area contributed by atoms with Gasteiger partial charge >= 0.3 is 6.03 Å². The van der Waals surface area contributed by atoms with Crippen molar-refractivity contribution in [1.29, 1.82) is 0 Å². The fourth-order valence-electron chi connectivity index (χ4n) is 2.14. The minimum atomic E-state index is -0.517. The number of urea groups is 1. The van der Waals surface area contributed by atoms with Gasteiger partial charge in [-0.3, -0.25) is 19.8 Å². The van der Waals surface area contributed by atoms with E-state index in [9.17, 15) is 14.4 Å². The molecule has 0 bridgehead atoms. The van der Waals surface area contributed by atoms with Crippen molar-refractivity contribution < 1.29 is 14.4 Å². The van der Waals surface area contributed by atoms with Gasteiger partial charge in [0.1, 0.15) is 0 Å². The fourth-order valence-corrected chi connectivity index (χ4v) is 2.14. The zero-order valence-electron chi connectivity index (χ0n) is 14.5. The highest BCUT2D eigenvalue weighted by Gasteiger charge is 2.13. The van der Waals surface area contributed by atoms with Crippen molar-refractivity contribution in [3.05, 3.63) is 29.8 Å². The molecule has 0 heterocycles. The molecule has 7 nitrogen and oxygen atoms in total. The number of likely N-dealkylation sites (N-methyl/N-ethyl adjacent to an activating group) is 1. The lowest BCUT2D eigenvalue weighted by molar-refractivity contribution is -0.122. The molecule has 0 fully saturated rings. The summed E-state index contributed by atoms with van der Waals surface area (Å²) in [5.74, 6) is -0.658. The summed E-state index contributed by atoms with van der Waals surface area (Å²) in [6, 6.07) is 7.08. The van der Waals surface area contributed by atoms with Crippen LogP contribution in [0.2, 0.25) is 0 Å². The molecule has 0 aliphatic carbocycles. The molecule has 1 aromatic rings. The normalized spacial score (nSPS) is 10.3. The third kappa shape index (κ3) is 7.23. The first kappa shape index (κ1) is 19.6. The monoisotopic (exact) mass is 334 g/mol. The maximum absolute atomic E-state index is 12.1. The van der Waals surface area contributed by atoms with E-state index < -0.39 is 11.9 Å². The second-order valence-corrected chi connectivity index (χ2v) is 5.54. The zero-order valence-corrected chi connectivity index (χ0v) is 14.5. The van der Waals surface area contributed by atoms with Gasteiger partial charge in [-0.25, -0.2) is 4.79 Å². The van der Waals surface area contributed by atoms with Crippen LogP contribution in [0, 0.1) is 0 Å². The van der Waals surface area contributed by atoms with E-state index in [1.54, 1.807) is 11.9 Å². The van der Waals surface area contributed by atoms with Gasteiger partial charge in [0.05, 0.1) is 13.1 Å². The third-order valence-corrected chi connectivity index (χ3v) is 3.29. The largest absolute Gasteiger partial charge is 0.338 e. The summed E-state index contributed by atoms with van der Waals surface area (Å²) >= 11 is 0. The SMILES string of the molecule is CCCNC(=O)NC(=O)CN(C)CC(=O)Nc1ccccc1CC. The Bertz CT molecular complexity index is 575. The Labute approximate surface area is 142 Å². The quantitative estimate of drug-likeness (QED) is 0.669. The summed E-state index contributed by atoms with van der Waals surface area (Å²) in [7, 11) is 1.65. The van der Waals surface area contributed by atoms with Gasteiger partial charge in [0.15, 0.2) is 0 Å². The van der Waals surface area contributed by atoms with Crippen molar-refractivity contribution in [2.75, 3.05) is 32.0 Å². The van der Waals surface area contributed by atoms with Crippen LogP contribution in [-0.2, 0) is 16.0 Å². The van der Waals surface area contributed by atoms with Crippen LogP contribution >= 0.6 is 0 Å². The second-order valence-electron chi connectivity index (χ2n) is 5.54. The lowest BCUT2D eigenvalue weighted by Crippen LogP contribution is -2.45. The minimum absolute atomic E-state index is 0.0393. The summed E-state index contributed by atoms with van der Waals surface area (Å²) in [6.07, 6.45) is 1.61. The number of benzene rings is 1. The number of anilines is 1.